The Hall–Kier alpha value is -2.18. The molecule has 4 nitrogen and oxygen atoms in total. The van der Waals surface area contributed by atoms with Crippen LogP contribution in [0.3, 0.4) is 0 Å². The zero-order chi connectivity index (χ0) is 17.6. The van der Waals surface area contributed by atoms with Gasteiger partial charge in [0.25, 0.3) is 0 Å². The van der Waals surface area contributed by atoms with Crippen LogP contribution < -0.4 is 0 Å². The van der Waals surface area contributed by atoms with E-state index in [0.29, 0.717) is 5.75 Å². The van der Waals surface area contributed by atoms with Gasteiger partial charge in [-0.3, -0.25) is 9.20 Å². The Kier molecular flexibility index (Phi) is 4.09. The molecule has 0 N–H and O–H groups in total. The molecule has 0 fully saturated rings. The summed E-state index contributed by atoms with van der Waals surface area (Å²) in [7, 11) is 0. The van der Waals surface area contributed by atoms with Gasteiger partial charge in [0, 0.05) is 0 Å². The van der Waals surface area contributed by atoms with E-state index in [4.69, 9.17) is 0 Å². The smallest absolute Gasteiger partial charge is 0.196 e. The molecule has 0 unspecified atom stereocenters. The fourth-order valence-electron chi connectivity index (χ4n) is 2.90. The number of thioether (sulfide) groups is 1. The van der Waals surface area contributed by atoms with Crippen molar-refractivity contribution in [3.8, 4) is 0 Å². The van der Waals surface area contributed by atoms with Crippen molar-refractivity contribution in [2.75, 3.05) is 5.75 Å². The fourth-order valence-corrected chi connectivity index (χ4v) is 4.49. The molecule has 3 aromatic heterocycles. The first kappa shape index (κ1) is 16.3. The summed E-state index contributed by atoms with van der Waals surface area (Å²) in [5.74, 6) is 0.488. The quantitative estimate of drug-likeness (QED) is 0.382. The average Bonchev–Trinajstić information content (AvgIpc) is 3.24. The summed E-state index contributed by atoms with van der Waals surface area (Å²) in [6.45, 7) is 6.28. The normalized spacial score (nSPS) is 11.5. The van der Waals surface area contributed by atoms with Crippen molar-refractivity contribution in [1.82, 2.24) is 14.6 Å². The average molecular weight is 367 g/mol. The maximum atomic E-state index is 12.3. The van der Waals surface area contributed by atoms with Crippen molar-refractivity contribution in [3.63, 3.8) is 0 Å². The van der Waals surface area contributed by atoms with Gasteiger partial charge in [-0.25, -0.2) is 0 Å². The lowest BCUT2D eigenvalue weighted by Gasteiger charge is -2.09. The Labute approximate surface area is 153 Å². The standard InChI is InChI=1S/C19H17N3OS2/c1-11-7-14-8-13(3)18-20-21-19(22(18)15(14)9-12(11)2)25-10-16(23)17-5-4-6-24-17/h4-9H,10H2,1-3H3. The second-order valence-corrected chi connectivity index (χ2v) is 8.04. The Morgan fingerprint density at radius 3 is 2.64 bits per heavy atom. The molecule has 0 bridgehead atoms. The number of carbonyl (C=O) groups excluding carboxylic acids is 1. The lowest BCUT2D eigenvalue weighted by Crippen LogP contribution is -2.01. The minimum absolute atomic E-state index is 0.126. The summed E-state index contributed by atoms with van der Waals surface area (Å²) in [6, 6.07) is 10.3. The molecule has 0 saturated heterocycles. The molecule has 4 rings (SSSR count). The second kappa shape index (κ2) is 6.28. The molecule has 0 spiro atoms. The number of carbonyl (C=O) groups is 1. The molecule has 0 aliphatic carbocycles. The topological polar surface area (TPSA) is 47.3 Å². The number of fused-ring (bicyclic) bond motifs is 3. The van der Waals surface area contributed by atoms with Crippen molar-refractivity contribution in [1.29, 1.82) is 0 Å². The van der Waals surface area contributed by atoms with Gasteiger partial charge in [0.15, 0.2) is 16.6 Å². The molecule has 25 heavy (non-hydrogen) atoms. The SMILES string of the molecule is Cc1cc2cc(C)c3nnc(SCC(=O)c4cccs4)n3c2cc1C. The lowest BCUT2D eigenvalue weighted by molar-refractivity contribution is 0.102. The van der Waals surface area contributed by atoms with Crippen LogP contribution in [-0.4, -0.2) is 26.1 Å². The van der Waals surface area contributed by atoms with Gasteiger partial charge in [0.1, 0.15) is 0 Å². The number of hydrogen-bond acceptors (Lipinski definition) is 5. The van der Waals surface area contributed by atoms with Crippen molar-refractivity contribution in [2.24, 2.45) is 0 Å². The van der Waals surface area contributed by atoms with Gasteiger partial charge in [-0.15, -0.1) is 21.5 Å². The summed E-state index contributed by atoms with van der Waals surface area (Å²) in [6.07, 6.45) is 0. The molecular formula is C19H17N3OS2. The van der Waals surface area contributed by atoms with Crippen LogP contribution in [0.4, 0.5) is 0 Å². The largest absolute Gasteiger partial charge is 0.292 e. The van der Waals surface area contributed by atoms with E-state index >= 15 is 0 Å². The summed E-state index contributed by atoms with van der Waals surface area (Å²) in [5.41, 5.74) is 5.51. The minimum atomic E-state index is 0.126. The Morgan fingerprint density at radius 2 is 1.88 bits per heavy atom. The monoisotopic (exact) mass is 367 g/mol. The van der Waals surface area contributed by atoms with Crippen LogP contribution in [0.25, 0.3) is 16.6 Å². The van der Waals surface area contributed by atoms with E-state index < -0.39 is 0 Å². The van der Waals surface area contributed by atoms with Crippen molar-refractivity contribution >= 4 is 45.4 Å². The molecule has 0 aliphatic heterocycles. The molecule has 6 heteroatoms. The molecule has 0 amide bonds. The number of hydrogen-bond donors (Lipinski definition) is 0. The zero-order valence-electron chi connectivity index (χ0n) is 14.2. The molecule has 0 radical (unpaired) electrons. The third-order valence-corrected chi connectivity index (χ3v) is 6.21. The van der Waals surface area contributed by atoms with Crippen LogP contribution in [0.15, 0.2) is 40.9 Å². The van der Waals surface area contributed by atoms with Gasteiger partial charge < -0.3 is 0 Å². The highest BCUT2D eigenvalue weighted by Crippen LogP contribution is 2.28. The first-order chi connectivity index (χ1) is 12.0. The van der Waals surface area contributed by atoms with Gasteiger partial charge in [-0.2, -0.15) is 0 Å². The van der Waals surface area contributed by atoms with E-state index in [0.717, 1.165) is 26.8 Å². The van der Waals surface area contributed by atoms with Gasteiger partial charge in [0.05, 0.1) is 16.1 Å². The van der Waals surface area contributed by atoms with Gasteiger partial charge in [-0.05, 0) is 72.5 Å². The number of ketones is 1. The van der Waals surface area contributed by atoms with Crippen molar-refractivity contribution in [2.45, 2.75) is 25.9 Å². The summed E-state index contributed by atoms with van der Waals surface area (Å²) in [4.78, 5) is 13.1. The Morgan fingerprint density at radius 1 is 1.12 bits per heavy atom. The zero-order valence-corrected chi connectivity index (χ0v) is 15.9. The number of aryl methyl sites for hydroxylation is 3. The number of rotatable bonds is 4. The second-order valence-electron chi connectivity index (χ2n) is 6.15. The van der Waals surface area contributed by atoms with E-state index in [2.05, 4.69) is 46.6 Å². The third-order valence-electron chi connectivity index (χ3n) is 4.37. The number of nitrogens with zero attached hydrogens (tertiary/aromatic N) is 3. The highest BCUT2D eigenvalue weighted by atomic mass is 32.2. The predicted molar refractivity (Wildman–Crippen MR) is 104 cm³/mol. The molecule has 1 aromatic carbocycles. The van der Waals surface area contributed by atoms with Gasteiger partial charge in [0.2, 0.25) is 0 Å². The minimum Gasteiger partial charge on any atom is -0.292 e. The molecule has 3 heterocycles. The van der Waals surface area contributed by atoms with Crippen molar-refractivity contribution in [3.05, 3.63) is 57.3 Å². The lowest BCUT2D eigenvalue weighted by atomic mass is 10.0. The highest BCUT2D eigenvalue weighted by molar-refractivity contribution is 7.99. The molecule has 0 saturated carbocycles. The van der Waals surface area contributed by atoms with E-state index in [9.17, 15) is 4.79 Å². The number of aromatic nitrogens is 3. The third kappa shape index (κ3) is 2.85. The molecule has 0 atom stereocenters. The van der Waals surface area contributed by atoms with Crippen LogP contribution >= 0.6 is 23.1 Å². The van der Waals surface area contributed by atoms with Crippen LogP contribution in [-0.2, 0) is 0 Å². The van der Waals surface area contributed by atoms with E-state index in [1.165, 1.54) is 39.6 Å². The fraction of sp³-hybridized carbons (Fsp3) is 0.211. The van der Waals surface area contributed by atoms with Gasteiger partial charge in [-0.1, -0.05) is 17.8 Å². The van der Waals surface area contributed by atoms with Crippen molar-refractivity contribution < 1.29 is 4.79 Å². The number of thiophene rings is 1. The van der Waals surface area contributed by atoms with E-state index in [1.807, 2.05) is 24.4 Å². The summed E-state index contributed by atoms with van der Waals surface area (Å²) in [5, 5.41) is 12.5. The molecule has 0 aliphatic rings. The van der Waals surface area contributed by atoms with Crippen LogP contribution in [0.2, 0.25) is 0 Å². The molecule has 4 aromatic rings. The Bertz CT molecular complexity index is 1100. The number of benzene rings is 1. The van der Waals surface area contributed by atoms with E-state index in [1.54, 1.807) is 0 Å². The highest BCUT2D eigenvalue weighted by Gasteiger charge is 2.15. The first-order valence-electron chi connectivity index (χ1n) is 8.00. The van der Waals surface area contributed by atoms with Crippen LogP contribution in [0.1, 0.15) is 26.4 Å². The maximum Gasteiger partial charge on any atom is 0.196 e. The molecular weight excluding hydrogens is 350 g/mol. The Balaban J connectivity index is 1.79. The molecule has 126 valence electrons. The predicted octanol–water partition coefficient (Wildman–Crippen LogP) is 4.84. The first-order valence-corrected chi connectivity index (χ1v) is 9.86. The van der Waals surface area contributed by atoms with E-state index in [-0.39, 0.29) is 5.78 Å². The number of Topliss-reactive ketones (excluding diaryl/α,β-unsaturated/α-hetero) is 1. The van der Waals surface area contributed by atoms with Crippen LogP contribution in [0, 0.1) is 20.8 Å². The number of pyridine rings is 1. The maximum absolute atomic E-state index is 12.3. The van der Waals surface area contributed by atoms with Crippen LogP contribution in [0.5, 0.6) is 0 Å². The summed E-state index contributed by atoms with van der Waals surface area (Å²) >= 11 is 2.92. The summed E-state index contributed by atoms with van der Waals surface area (Å²) < 4.78 is 2.07. The van der Waals surface area contributed by atoms with Gasteiger partial charge >= 0.3 is 0 Å².